The van der Waals surface area contributed by atoms with E-state index in [0.29, 0.717) is 53.3 Å². The van der Waals surface area contributed by atoms with Gasteiger partial charge < -0.3 is 20.2 Å². The molecule has 0 saturated heterocycles. The molecule has 0 saturated carbocycles. The zero-order valence-electron chi connectivity index (χ0n) is 33.4. The van der Waals surface area contributed by atoms with Crippen molar-refractivity contribution in [3.8, 4) is 22.3 Å². The quantitative estimate of drug-likeness (QED) is 0.122. The summed E-state index contributed by atoms with van der Waals surface area (Å²) < 4.78 is 0. The molecule has 5 aromatic rings. The van der Waals surface area contributed by atoms with E-state index in [9.17, 15) is 24.3 Å². The predicted octanol–water partition coefficient (Wildman–Crippen LogP) is 9.46. The molecule has 0 unspecified atom stereocenters. The van der Waals surface area contributed by atoms with Crippen molar-refractivity contribution in [2.75, 3.05) is 27.2 Å². The van der Waals surface area contributed by atoms with Gasteiger partial charge >= 0.3 is 5.97 Å². The summed E-state index contributed by atoms with van der Waals surface area (Å²) in [4.78, 5) is 57.5. The number of carboxylic acid groups (broad SMARTS) is 1. The number of amides is 3. The molecule has 0 bridgehead atoms. The van der Waals surface area contributed by atoms with Crippen LogP contribution in [0.15, 0.2) is 103 Å². The minimum absolute atomic E-state index is 0.108. The Hall–Kier alpha value is -5.80. The van der Waals surface area contributed by atoms with E-state index >= 15 is 0 Å². The number of rotatable bonds is 12. The summed E-state index contributed by atoms with van der Waals surface area (Å²) in [6.07, 6.45) is 1.63. The summed E-state index contributed by atoms with van der Waals surface area (Å²) in [6, 6.07) is 29.5. The van der Waals surface area contributed by atoms with E-state index in [1.807, 2.05) is 94.4 Å². The molecule has 1 heterocycles. The van der Waals surface area contributed by atoms with E-state index in [4.69, 9.17) is 11.6 Å². The number of hydrogen-bond donors (Lipinski definition) is 2. The number of aromatic carboxylic acids is 1. The second-order valence-corrected chi connectivity index (χ2v) is 15.4. The minimum atomic E-state index is -1.04. The Labute approximate surface area is 335 Å². The lowest BCUT2D eigenvalue weighted by Gasteiger charge is -2.20. The summed E-state index contributed by atoms with van der Waals surface area (Å²) >= 11 is 5.83. The van der Waals surface area contributed by atoms with Crippen LogP contribution in [0.4, 0.5) is 0 Å². The number of nitrogens with one attached hydrogen (secondary N) is 1. The predicted molar refractivity (Wildman–Crippen MR) is 224 cm³/mol. The van der Waals surface area contributed by atoms with Crippen molar-refractivity contribution in [2.45, 2.75) is 48.1 Å². The normalized spacial score (nSPS) is 10.8. The van der Waals surface area contributed by atoms with Gasteiger partial charge in [0.05, 0.1) is 5.56 Å². The number of carboxylic acids is 1. The van der Waals surface area contributed by atoms with E-state index in [-0.39, 0.29) is 23.3 Å². The molecule has 9 nitrogen and oxygen atoms in total. The third-order valence-corrected chi connectivity index (χ3v) is 9.08. The topological polar surface area (TPSA) is 120 Å². The van der Waals surface area contributed by atoms with Crippen LogP contribution in [0.1, 0.15) is 85.8 Å². The first-order chi connectivity index (χ1) is 26.5. The van der Waals surface area contributed by atoms with Gasteiger partial charge in [0, 0.05) is 56.6 Å². The first-order valence-corrected chi connectivity index (χ1v) is 19.0. The minimum Gasteiger partial charge on any atom is -0.478 e. The Morgan fingerprint density at radius 2 is 1.05 bits per heavy atom. The Morgan fingerprint density at radius 1 is 0.625 bits per heavy atom. The molecule has 56 heavy (non-hydrogen) atoms. The highest BCUT2D eigenvalue weighted by Gasteiger charge is 2.19. The molecule has 5 rings (SSSR count). The van der Waals surface area contributed by atoms with Crippen LogP contribution in [0.2, 0.25) is 5.15 Å². The maximum absolute atomic E-state index is 13.1. The number of carbonyl (C=O) groups excluding carboxylic acids is 3. The lowest BCUT2D eigenvalue weighted by Crippen LogP contribution is -2.30. The maximum atomic E-state index is 13.1. The van der Waals surface area contributed by atoms with Gasteiger partial charge in [-0.15, -0.1) is 0 Å². The zero-order valence-corrected chi connectivity index (χ0v) is 34.1. The van der Waals surface area contributed by atoms with Crippen LogP contribution in [-0.2, 0) is 6.54 Å². The Morgan fingerprint density at radius 3 is 1.46 bits per heavy atom. The fraction of sp³-hybridized carbons (Fsp3) is 0.283. The molecular formula is C46H51ClN4O5. The molecule has 1 aromatic heterocycles. The number of aryl methyl sites for hydroxylation is 2. The third kappa shape index (κ3) is 12.4. The molecule has 4 aromatic carbocycles. The van der Waals surface area contributed by atoms with Crippen molar-refractivity contribution in [3.05, 3.63) is 147 Å². The monoisotopic (exact) mass is 774 g/mol. The molecule has 0 aliphatic carbocycles. The number of halogens is 1. The van der Waals surface area contributed by atoms with Crippen LogP contribution in [0.25, 0.3) is 22.3 Å². The first-order valence-electron chi connectivity index (χ1n) is 18.6. The summed E-state index contributed by atoms with van der Waals surface area (Å²) in [5, 5.41) is 12.7. The average molecular weight is 775 g/mol. The van der Waals surface area contributed by atoms with Gasteiger partial charge in [-0.1, -0.05) is 105 Å². The summed E-state index contributed by atoms with van der Waals surface area (Å²) in [5.74, 6) is -0.874. The third-order valence-electron chi connectivity index (χ3n) is 8.85. The van der Waals surface area contributed by atoms with Crippen molar-refractivity contribution in [3.63, 3.8) is 0 Å². The SMILES string of the molecule is Cc1ccc(-c2cc(C(=O)NCc3ccc(Cl)nc3)cc(C(=O)N(C)CC(C)C)c2)cc1.Cc1ccc(-c2cc(C(=O)O)cc(C(=O)N(C)CC(C)C)c2)cc1. The van der Waals surface area contributed by atoms with Gasteiger partial charge in [-0.05, 0) is 96.0 Å². The lowest BCUT2D eigenvalue weighted by molar-refractivity contribution is 0.0695. The van der Waals surface area contributed by atoms with Gasteiger partial charge in [-0.2, -0.15) is 0 Å². The number of aromatic nitrogens is 1. The first kappa shape index (κ1) is 42.9. The summed E-state index contributed by atoms with van der Waals surface area (Å²) in [5.41, 5.74) is 7.96. The Kier molecular flexibility index (Phi) is 15.1. The molecule has 2 N–H and O–H groups in total. The second-order valence-electron chi connectivity index (χ2n) is 15.0. The van der Waals surface area contributed by atoms with E-state index in [1.165, 1.54) is 6.07 Å². The van der Waals surface area contributed by atoms with Crippen LogP contribution in [-0.4, -0.2) is 70.8 Å². The van der Waals surface area contributed by atoms with E-state index in [2.05, 4.69) is 24.1 Å². The molecule has 3 amide bonds. The number of nitrogens with zero attached hydrogens (tertiary/aromatic N) is 3. The summed E-state index contributed by atoms with van der Waals surface area (Å²) in [7, 11) is 3.52. The van der Waals surface area contributed by atoms with Gasteiger partial charge in [-0.3, -0.25) is 14.4 Å². The van der Waals surface area contributed by atoms with Crippen LogP contribution < -0.4 is 5.32 Å². The number of benzene rings is 4. The van der Waals surface area contributed by atoms with Crippen molar-refractivity contribution < 1.29 is 24.3 Å². The highest BCUT2D eigenvalue weighted by atomic mass is 35.5. The number of hydrogen-bond acceptors (Lipinski definition) is 5. The molecule has 0 aliphatic heterocycles. The van der Waals surface area contributed by atoms with Crippen molar-refractivity contribution in [2.24, 2.45) is 11.8 Å². The zero-order chi connectivity index (χ0) is 41.1. The highest BCUT2D eigenvalue weighted by Crippen LogP contribution is 2.26. The van der Waals surface area contributed by atoms with Gasteiger partial charge in [0.1, 0.15) is 5.15 Å². The van der Waals surface area contributed by atoms with Crippen LogP contribution in [0, 0.1) is 25.7 Å². The van der Waals surface area contributed by atoms with Crippen molar-refractivity contribution in [1.82, 2.24) is 20.1 Å². The molecule has 0 radical (unpaired) electrons. The highest BCUT2D eigenvalue weighted by molar-refractivity contribution is 6.29. The molecule has 0 fully saturated rings. The average Bonchev–Trinajstić information content (AvgIpc) is 3.16. The van der Waals surface area contributed by atoms with Gasteiger partial charge in [0.25, 0.3) is 17.7 Å². The van der Waals surface area contributed by atoms with Crippen LogP contribution >= 0.6 is 11.6 Å². The standard InChI is InChI=1S/C26H28ClN3O2.C20H23NO3/c1-17(2)16-30(4)26(32)23-12-21(20-8-5-18(3)6-9-20)11-22(13-23)25(31)29-15-19-7-10-24(27)28-14-19;1-13(2)12-21(4)19(22)17-9-16(10-18(11-17)20(23)24)15-7-5-14(3)6-8-15/h5-14,17H,15-16H2,1-4H3,(H,29,31);5-11,13H,12H2,1-4H3,(H,23,24). The molecular weight excluding hydrogens is 724 g/mol. The maximum Gasteiger partial charge on any atom is 0.335 e. The van der Waals surface area contributed by atoms with E-state index < -0.39 is 5.97 Å². The van der Waals surface area contributed by atoms with Crippen LogP contribution in [0.3, 0.4) is 0 Å². The van der Waals surface area contributed by atoms with Crippen LogP contribution in [0.5, 0.6) is 0 Å². The number of carbonyl (C=O) groups is 4. The summed E-state index contributed by atoms with van der Waals surface area (Å²) in [6.45, 7) is 13.8. The smallest absolute Gasteiger partial charge is 0.335 e. The second kappa shape index (κ2) is 19.7. The largest absolute Gasteiger partial charge is 0.478 e. The Balaban J connectivity index is 0.000000259. The van der Waals surface area contributed by atoms with E-state index in [1.54, 1.807) is 54.4 Å². The fourth-order valence-electron chi connectivity index (χ4n) is 6.08. The Bertz CT molecular complexity index is 2150. The molecule has 0 spiro atoms. The van der Waals surface area contributed by atoms with E-state index in [0.717, 1.165) is 38.9 Å². The molecule has 10 heteroatoms. The lowest BCUT2D eigenvalue weighted by atomic mass is 9.98. The fourth-order valence-corrected chi connectivity index (χ4v) is 6.19. The van der Waals surface area contributed by atoms with Gasteiger partial charge in [0.15, 0.2) is 0 Å². The van der Waals surface area contributed by atoms with Gasteiger partial charge in [-0.25, -0.2) is 9.78 Å². The van der Waals surface area contributed by atoms with Crippen molar-refractivity contribution in [1.29, 1.82) is 0 Å². The number of pyridine rings is 1. The molecule has 292 valence electrons. The molecule has 0 atom stereocenters. The van der Waals surface area contributed by atoms with Crippen molar-refractivity contribution >= 4 is 35.3 Å². The van der Waals surface area contributed by atoms with Gasteiger partial charge in [0.2, 0.25) is 0 Å². The molecule has 0 aliphatic rings.